The average molecular weight is 481 g/mol. The molecular weight excluding hydrogens is 448 g/mol. The van der Waals surface area contributed by atoms with Crippen LogP contribution in [0.2, 0.25) is 5.02 Å². The number of fused-ring (bicyclic) bond motifs is 1. The molecule has 2 aliphatic heterocycles. The van der Waals surface area contributed by atoms with Crippen LogP contribution in [0.3, 0.4) is 0 Å². The quantitative estimate of drug-likeness (QED) is 0.495. The molecule has 0 radical (unpaired) electrons. The van der Waals surface area contributed by atoms with Gasteiger partial charge in [-0.15, -0.1) is 0 Å². The van der Waals surface area contributed by atoms with Gasteiger partial charge in [-0.25, -0.2) is 0 Å². The van der Waals surface area contributed by atoms with Crippen molar-refractivity contribution in [1.29, 1.82) is 0 Å². The molecule has 3 aliphatic rings. The normalized spacial score (nSPS) is 25.0. The van der Waals surface area contributed by atoms with E-state index in [1.54, 1.807) is 0 Å². The fourth-order valence-electron chi connectivity index (χ4n) is 5.86. The minimum Gasteiger partial charge on any atom is -0.365 e. The summed E-state index contributed by atoms with van der Waals surface area (Å²) in [4.78, 5) is 9.46. The molecule has 174 valence electrons. The zero-order valence-electron chi connectivity index (χ0n) is 19.9. The minimum atomic E-state index is -0.0525. The molecule has 0 unspecified atom stereocenters. The largest absolute Gasteiger partial charge is 0.365 e. The molecule has 0 bridgehead atoms. The van der Waals surface area contributed by atoms with Crippen molar-refractivity contribution < 1.29 is 0 Å². The standard InChI is InChI=1S/C27H33ClN4S/c1-17-16-27(2,3)31(4)23-15-21(28)20(14-19(17)23)25-24(22-12-8-9-13-29-22)30-26(33)32(25)18-10-6-5-7-11-18/h8-9,12-16,18,24-25H,5-7,10-11H2,1-4H3,(H,30,33)/t24-,25+/m1/s1. The van der Waals surface area contributed by atoms with Crippen molar-refractivity contribution in [2.45, 2.75) is 76.5 Å². The van der Waals surface area contributed by atoms with Crippen LogP contribution in [0, 0.1) is 0 Å². The molecule has 0 spiro atoms. The van der Waals surface area contributed by atoms with E-state index in [2.05, 4.69) is 67.2 Å². The lowest BCUT2D eigenvalue weighted by Gasteiger charge is -2.42. The summed E-state index contributed by atoms with van der Waals surface area (Å²) in [6, 6.07) is 11.0. The molecule has 1 aliphatic carbocycles. The number of allylic oxidation sites excluding steroid dienone is 1. The predicted molar refractivity (Wildman–Crippen MR) is 142 cm³/mol. The van der Waals surface area contributed by atoms with Crippen molar-refractivity contribution in [3.05, 3.63) is 64.4 Å². The van der Waals surface area contributed by atoms with Crippen molar-refractivity contribution in [2.24, 2.45) is 0 Å². The van der Waals surface area contributed by atoms with E-state index in [0.717, 1.165) is 21.4 Å². The Morgan fingerprint density at radius 1 is 1.15 bits per heavy atom. The number of nitrogens with zero attached hydrogens (tertiary/aromatic N) is 3. The van der Waals surface area contributed by atoms with Crippen LogP contribution in [0.5, 0.6) is 0 Å². The third-order valence-corrected chi connectivity index (χ3v) is 8.41. The number of pyridine rings is 1. The number of anilines is 1. The van der Waals surface area contributed by atoms with Gasteiger partial charge in [0, 0.05) is 35.6 Å². The molecule has 1 saturated heterocycles. The number of halogens is 1. The first-order chi connectivity index (χ1) is 15.8. The predicted octanol–water partition coefficient (Wildman–Crippen LogP) is 6.67. The molecule has 33 heavy (non-hydrogen) atoms. The summed E-state index contributed by atoms with van der Waals surface area (Å²) in [6.07, 6.45) is 10.4. The third-order valence-electron chi connectivity index (χ3n) is 7.76. The van der Waals surface area contributed by atoms with Crippen molar-refractivity contribution in [1.82, 2.24) is 15.2 Å². The first-order valence-electron chi connectivity index (χ1n) is 12.0. The van der Waals surface area contributed by atoms with E-state index >= 15 is 0 Å². The molecule has 3 heterocycles. The summed E-state index contributed by atoms with van der Waals surface area (Å²) < 4.78 is 0. The van der Waals surface area contributed by atoms with Crippen molar-refractivity contribution in [3.63, 3.8) is 0 Å². The minimum absolute atomic E-state index is 0.0151. The smallest absolute Gasteiger partial charge is 0.170 e. The van der Waals surface area contributed by atoms with Crippen LogP contribution in [-0.4, -0.2) is 33.6 Å². The number of rotatable bonds is 3. The second-order valence-electron chi connectivity index (χ2n) is 10.3. The molecule has 5 rings (SSSR count). The molecule has 2 atom stereocenters. The van der Waals surface area contributed by atoms with Crippen LogP contribution in [0.4, 0.5) is 5.69 Å². The van der Waals surface area contributed by atoms with Gasteiger partial charge in [-0.3, -0.25) is 4.98 Å². The maximum Gasteiger partial charge on any atom is 0.170 e. The van der Waals surface area contributed by atoms with Crippen LogP contribution >= 0.6 is 23.8 Å². The Morgan fingerprint density at radius 2 is 1.91 bits per heavy atom. The first-order valence-corrected chi connectivity index (χ1v) is 12.8. The monoisotopic (exact) mass is 480 g/mol. The average Bonchev–Trinajstić information content (AvgIpc) is 3.15. The Balaban J connectivity index is 1.65. The summed E-state index contributed by atoms with van der Waals surface area (Å²) in [7, 11) is 2.15. The number of hydrogen-bond acceptors (Lipinski definition) is 3. The Bertz CT molecular complexity index is 1090. The van der Waals surface area contributed by atoms with Gasteiger partial charge in [0.25, 0.3) is 0 Å². The van der Waals surface area contributed by atoms with Gasteiger partial charge in [-0.1, -0.05) is 43.0 Å². The van der Waals surface area contributed by atoms with Crippen molar-refractivity contribution in [3.8, 4) is 0 Å². The topological polar surface area (TPSA) is 31.4 Å². The molecular formula is C27H33ClN4S. The Labute approximate surface area is 208 Å². The number of thiocarbonyl (C=S) groups is 1. The number of hydrogen-bond donors (Lipinski definition) is 1. The summed E-state index contributed by atoms with van der Waals surface area (Å²) in [5.74, 6) is 0. The van der Waals surface area contributed by atoms with Crippen molar-refractivity contribution >= 4 is 40.2 Å². The Kier molecular flexibility index (Phi) is 5.90. The molecule has 6 heteroatoms. The molecule has 0 amide bonds. The van der Waals surface area contributed by atoms with Gasteiger partial charge in [0.1, 0.15) is 0 Å². The number of aromatic nitrogens is 1. The fourth-order valence-corrected chi connectivity index (χ4v) is 6.52. The molecule has 4 nitrogen and oxygen atoms in total. The molecule has 1 N–H and O–H groups in total. The van der Waals surface area contributed by atoms with Gasteiger partial charge in [-0.05, 0) is 81.2 Å². The summed E-state index contributed by atoms with van der Waals surface area (Å²) in [6.45, 7) is 6.68. The van der Waals surface area contributed by atoms with E-state index in [0.29, 0.717) is 6.04 Å². The second-order valence-corrected chi connectivity index (χ2v) is 11.1. The van der Waals surface area contributed by atoms with Crippen LogP contribution in [-0.2, 0) is 0 Å². The van der Waals surface area contributed by atoms with Crippen LogP contribution in [0.15, 0.2) is 42.6 Å². The van der Waals surface area contributed by atoms with E-state index in [1.807, 2.05) is 18.3 Å². The summed E-state index contributed by atoms with van der Waals surface area (Å²) in [5, 5.41) is 5.23. The van der Waals surface area contributed by atoms with Gasteiger partial charge >= 0.3 is 0 Å². The number of likely N-dealkylation sites (N-methyl/N-ethyl adjacent to an activating group) is 1. The van der Waals surface area contributed by atoms with Crippen LogP contribution < -0.4 is 10.2 Å². The summed E-state index contributed by atoms with van der Waals surface area (Å²) >= 11 is 13.0. The summed E-state index contributed by atoms with van der Waals surface area (Å²) in [5.41, 5.74) is 5.80. The van der Waals surface area contributed by atoms with E-state index in [-0.39, 0.29) is 17.6 Å². The highest BCUT2D eigenvalue weighted by Gasteiger charge is 2.44. The Hall–Kier alpha value is -2.11. The second kappa shape index (κ2) is 8.59. The molecule has 2 aromatic rings. The Morgan fingerprint density at radius 3 is 2.61 bits per heavy atom. The van der Waals surface area contributed by atoms with Crippen LogP contribution in [0.25, 0.3) is 5.57 Å². The lowest BCUT2D eigenvalue weighted by atomic mass is 9.85. The van der Waals surface area contributed by atoms with Gasteiger partial charge in [-0.2, -0.15) is 0 Å². The molecule has 2 fully saturated rings. The highest BCUT2D eigenvalue weighted by atomic mass is 35.5. The maximum atomic E-state index is 7.09. The van der Waals surface area contributed by atoms with E-state index in [4.69, 9.17) is 28.8 Å². The lowest BCUT2D eigenvalue weighted by molar-refractivity contribution is 0.197. The SMILES string of the molecule is CC1=CC(C)(C)N(C)c2cc(Cl)c([C@H]3[C@@H](c4ccccn4)NC(=S)N3C3CCCCC3)cc21. The van der Waals surface area contributed by atoms with E-state index in [9.17, 15) is 0 Å². The third kappa shape index (κ3) is 3.93. The maximum absolute atomic E-state index is 7.09. The number of benzene rings is 1. The zero-order chi connectivity index (χ0) is 23.3. The van der Waals surface area contributed by atoms with Crippen molar-refractivity contribution in [2.75, 3.05) is 11.9 Å². The van der Waals surface area contributed by atoms with E-state index < -0.39 is 0 Å². The first kappa shape index (κ1) is 22.7. The molecule has 1 aromatic carbocycles. The van der Waals surface area contributed by atoms with Gasteiger partial charge in [0.05, 0.1) is 23.3 Å². The molecule has 1 saturated carbocycles. The van der Waals surface area contributed by atoms with Gasteiger partial charge in [0.2, 0.25) is 0 Å². The number of nitrogens with one attached hydrogen (secondary N) is 1. The van der Waals surface area contributed by atoms with Crippen LogP contribution in [0.1, 0.15) is 81.8 Å². The highest BCUT2D eigenvalue weighted by molar-refractivity contribution is 7.80. The van der Waals surface area contributed by atoms with Gasteiger partial charge in [0.15, 0.2) is 5.11 Å². The zero-order valence-corrected chi connectivity index (χ0v) is 21.5. The lowest BCUT2D eigenvalue weighted by Crippen LogP contribution is -2.42. The molecule has 1 aromatic heterocycles. The van der Waals surface area contributed by atoms with Gasteiger partial charge < -0.3 is 15.1 Å². The fraction of sp³-hybridized carbons (Fsp3) is 0.481. The van der Waals surface area contributed by atoms with E-state index in [1.165, 1.54) is 48.9 Å². The highest BCUT2D eigenvalue weighted by Crippen LogP contribution is 2.48.